The summed E-state index contributed by atoms with van der Waals surface area (Å²) < 4.78 is 10.5. The van der Waals surface area contributed by atoms with Gasteiger partial charge in [0.1, 0.15) is 0 Å². The summed E-state index contributed by atoms with van der Waals surface area (Å²) in [7, 11) is 3.24. The zero-order valence-corrected chi connectivity index (χ0v) is 12.3. The van der Waals surface area contributed by atoms with E-state index in [4.69, 9.17) is 9.47 Å². The maximum absolute atomic E-state index is 11.9. The van der Waals surface area contributed by atoms with E-state index in [1.807, 2.05) is 18.2 Å². The second kappa shape index (κ2) is 7.17. The molecule has 1 aliphatic rings. The van der Waals surface area contributed by atoms with Gasteiger partial charge in [0.2, 0.25) is 5.91 Å². The first-order chi connectivity index (χ1) is 9.72. The van der Waals surface area contributed by atoms with Gasteiger partial charge in [-0.05, 0) is 37.0 Å². The normalized spacial score (nSPS) is 15.1. The standard InChI is InChI=1S/C16H23NO3/c1-19-14-9-7-12(11-15(14)20-2)8-10-16(18)17-13-5-3-4-6-13/h7,9,11,13H,3-6,8,10H2,1-2H3,(H,17,18). The van der Waals surface area contributed by atoms with Gasteiger partial charge in [0, 0.05) is 12.5 Å². The van der Waals surface area contributed by atoms with Gasteiger partial charge in [-0.2, -0.15) is 0 Å². The molecule has 2 rings (SSSR count). The van der Waals surface area contributed by atoms with Crippen molar-refractivity contribution in [1.29, 1.82) is 0 Å². The van der Waals surface area contributed by atoms with Crippen LogP contribution in [0.3, 0.4) is 0 Å². The van der Waals surface area contributed by atoms with E-state index < -0.39 is 0 Å². The topological polar surface area (TPSA) is 47.6 Å². The van der Waals surface area contributed by atoms with Crippen molar-refractivity contribution in [3.8, 4) is 11.5 Å². The van der Waals surface area contributed by atoms with Crippen molar-refractivity contribution < 1.29 is 14.3 Å². The molecule has 0 heterocycles. The lowest BCUT2D eigenvalue weighted by Crippen LogP contribution is -2.32. The van der Waals surface area contributed by atoms with Crippen LogP contribution in [0, 0.1) is 0 Å². The van der Waals surface area contributed by atoms with Crippen molar-refractivity contribution in [2.24, 2.45) is 0 Å². The lowest BCUT2D eigenvalue weighted by atomic mass is 10.1. The molecule has 1 aromatic carbocycles. The number of nitrogens with one attached hydrogen (secondary N) is 1. The number of benzene rings is 1. The van der Waals surface area contributed by atoms with E-state index in [0.29, 0.717) is 24.0 Å². The summed E-state index contributed by atoms with van der Waals surface area (Å²) >= 11 is 0. The average Bonchev–Trinajstić information content (AvgIpc) is 2.97. The summed E-state index contributed by atoms with van der Waals surface area (Å²) in [5, 5.41) is 3.11. The van der Waals surface area contributed by atoms with Crippen molar-refractivity contribution in [3.05, 3.63) is 23.8 Å². The highest BCUT2D eigenvalue weighted by molar-refractivity contribution is 5.76. The quantitative estimate of drug-likeness (QED) is 0.869. The molecular formula is C16H23NO3. The number of methoxy groups -OCH3 is 2. The zero-order chi connectivity index (χ0) is 14.4. The minimum atomic E-state index is 0.145. The number of amides is 1. The van der Waals surface area contributed by atoms with Gasteiger partial charge < -0.3 is 14.8 Å². The Balaban J connectivity index is 1.85. The minimum absolute atomic E-state index is 0.145. The van der Waals surface area contributed by atoms with Crippen LogP contribution in [0.4, 0.5) is 0 Å². The van der Waals surface area contributed by atoms with Crippen LogP contribution < -0.4 is 14.8 Å². The summed E-state index contributed by atoms with van der Waals surface area (Å²) in [6, 6.07) is 6.18. The predicted octanol–water partition coefficient (Wildman–Crippen LogP) is 2.70. The maximum Gasteiger partial charge on any atom is 0.220 e. The van der Waals surface area contributed by atoms with Crippen molar-refractivity contribution in [3.63, 3.8) is 0 Å². The van der Waals surface area contributed by atoms with Gasteiger partial charge in [-0.1, -0.05) is 18.9 Å². The Morgan fingerprint density at radius 2 is 1.90 bits per heavy atom. The molecule has 1 fully saturated rings. The van der Waals surface area contributed by atoms with Crippen LogP contribution in [0.1, 0.15) is 37.7 Å². The van der Waals surface area contributed by atoms with E-state index in [1.54, 1.807) is 14.2 Å². The van der Waals surface area contributed by atoms with Crippen LogP contribution >= 0.6 is 0 Å². The molecule has 1 saturated carbocycles. The molecule has 1 aromatic rings. The summed E-state index contributed by atoms with van der Waals surface area (Å²) in [6.07, 6.45) is 5.97. The SMILES string of the molecule is COc1ccc(CCC(=O)NC2CCCC2)cc1OC. The number of carbonyl (C=O) groups is 1. The first-order valence-corrected chi connectivity index (χ1v) is 7.23. The smallest absolute Gasteiger partial charge is 0.220 e. The molecule has 0 unspecified atom stereocenters. The first-order valence-electron chi connectivity index (χ1n) is 7.23. The van der Waals surface area contributed by atoms with Crippen LogP contribution in [0.5, 0.6) is 11.5 Å². The van der Waals surface area contributed by atoms with Crippen LogP contribution in [0.15, 0.2) is 18.2 Å². The average molecular weight is 277 g/mol. The Kier molecular flexibility index (Phi) is 5.27. The van der Waals surface area contributed by atoms with Gasteiger partial charge in [-0.25, -0.2) is 0 Å². The largest absolute Gasteiger partial charge is 0.493 e. The Bertz CT molecular complexity index is 453. The zero-order valence-electron chi connectivity index (χ0n) is 12.3. The fraction of sp³-hybridized carbons (Fsp3) is 0.562. The fourth-order valence-electron chi connectivity index (χ4n) is 2.66. The second-order valence-corrected chi connectivity index (χ2v) is 5.24. The van der Waals surface area contributed by atoms with Crippen LogP contribution in [0.25, 0.3) is 0 Å². The summed E-state index contributed by atoms with van der Waals surface area (Å²) in [6.45, 7) is 0. The third-order valence-corrected chi connectivity index (χ3v) is 3.81. The third-order valence-electron chi connectivity index (χ3n) is 3.81. The highest BCUT2D eigenvalue weighted by Crippen LogP contribution is 2.28. The van der Waals surface area contributed by atoms with E-state index in [1.165, 1.54) is 12.8 Å². The number of ether oxygens (including phenoxy) is 2. The summed E-state index contributed by atoms with van der Waals surface area (Å²) in [5.74, 6) is 1.57. The number of hydrogen-bond donors (Lipinski definition) is 1. The number of rotatable bonds is 6. The van der Waals surface area contributed by atoms with Crippen LogP contribution in [-0.2, 0) is 11.2 Å². The molecule has 20 heavy (non-hydrogen) atoms. The van der Waals surface area contributed by atoms with Gasteiger partial charge in [0.05, 0.1) is 14.2 Å². The van der Waals surface area contributed by atoms with Gasteiger partial charge in [0.25, 0.3) is 0 Å². The van der Waals surface area contributed by atoms with Gasteiger partial charge in [-0.3, -0.25) is 4.79 Å². The highest BCUT2D eigenvalue weighted by Gasteiger charge is 2.16. The molecule has 0 aliphatic heterocycles. The Labute approximate surface area is 120 Å². The molecule has 0 spiro atoms. The molecule has 0 aromatic heterocycles. The minimum Gasteiger partial charge on any atom is -0.493 e. The molecule has 4 heteroatoms. The number of aryl methyl sites for hydroxylation is 1. The molecule has 4 nitrogen and oxygen atoms in total. The van der Waals surface area contributed by atoms with E-state index in [-0.39, 0.29) is 5.91 Å². The molecule has 0 atom stereocenters. The Hall–Kier alpha value is -1.71. The molecule has 0 bridgehead atoms. The lowest BCUT2D eigenvalue weighted by Gasteiger charge is -2.12. The molecule has 110 valence electrons. The Morgan fingerprint density at radius 1 is 1.20 bits per heavy atom. The monoisotopic (exact) mass is 277 g/mol. The lowest BCUT2D eigenvalue weighted by molar-refractivity contribution is -0.121. The van der Waals surface area contributed by atoms with Crippen molar-refractivity contribution in [1.82, 2.24) is 5.32 Å². The van der Waals surface area contributed by atoms with Crippen LogP contribution in [0.2, 0.25) is 0 Å². The molecular weight excluding hydrogens is 254 g/mol. The molecule has 1 aliphatic carbocycles. The first kappa shape index (κ1) is 14.7. The van der Waals surface area contributed by atoms with Crippen molar-refractivity contribution >= 4 is 5.91 Å². The summed E-state index contributed by atoms with van der Waals surface area (Å²) in [5.41, 5.74) is 1.09. The molecule has 1 amide bonds. The highest BCUT2D eigenvalue weighted by atomic mass is 16.5. The van der Waals surface area contributed by atoms with Crippen molar-refractivity contribution in [2.75, 3.05) is 14.2 Å². The van der Waals surface area contributed by atoms with E-state index in [9.17, 15) is 4.79 Å². The number of hydrogen-bond acceptors (Lipinski definition) is 3. The number of carbonyl (C=O) groups excluding carboxylic acids is 1. The fourth-order valence-corrected chi connectivity index (χ4v) is 2.66. The second-order valence-electron chi connectivity index (χ2n) is 5.24. The van der Waals surface area contributed by atoms with Crippen molar-refractivity contribution in [2.45, 2.75) is 44.6 Å². The van der Waals surface area contributed by atoms with E-state index in [0.717, 1.165) is 24.8 Å². The maximum atomic E-state index is 11.9. The van der Waals surface area contributed by atoms with Gasteiger partial charge in [-0.15, -0.1) is 0 Å². The van der Waals surface area contributed by atoms with Gasteiger partial charge in [0.15, 0.2) is 11.5 Å². The van der Waals surface area contributed by atoms with Crippen LogP contribution in [-0.4, -0.2) is 26.2 Å². The van der Waals surface area contributed by atoms with E-state index >= 15 is 0 Å². The molecule has 0 saturated heterocycles. The third kappa shape index (κ3) is 3.89. The van der Waals surface area contributed by atoms with E-state index in [2.05, 4.69) is 5.32 Å². The van der Waals surface area contributed by atoms with Gasteiger partial charge >= 0.3 is 0 Å². The predicted molar refractivity (Wildman–Crippen MR) is 78.3 cm³/mol. The summed E-state index contributed by atoms with van der Waals surface area (Å²) in [4.78, 5) is 11.9. The molecule has 1 N–H and O–H groups in total. The molecule has 0 radical (unpaired) electrons. The Morgan fingerprint density at radius 3 is 2.55 bits per heavy atom.